The summed E-state index contributed by atoms with van der Waals surface area (Å²) in [5, 5.41) is 10.7. The summed E-state index contributed by atoms with van der Waals surface area (Å²) in [6.45, 7) is 2.12. The van der Waals surface area contributed by atoms with Gasteiger partial charge in [-0.1, -0.05) is 11.6 Å². The van der Waals surface area contributed by atoms with Crippen molar-refractivity contribution in [2.75, 3.05) is 23.8 Å². The van der Waals surface area contributed by atoms with Gasteiger partial charge in [0.15, 0.2) is 5.82 Å². The van der Waals surface area contributed by atoms with Crippen LogP contribution in [0.25, 0.3) is 11.3 Å². The van der Waals surface area contributed by atoms with Crippen LogP contribution in [0, 0.1) is 6.92 Å². The number of hydrogen-bond donors (Lipinski definition) is 2. The second kappa shape index (κ2) is 7.36. The molecule has 0 saturated heterocycles. The van der Waals surface area contributed by atoms with Crippen molar-refractivity contribution >= 4 is 29.0 Å². The number of nitrogens with one attached hydrogen (secondary N) is 2. The zero-order valence-electron chi connectivity index (χ0n) is 14.0. The molecule has 0 bridgehead atoms. The highest BCUT2D eigenvalue weighted by Crippen LogP contribution is 2.25. The zero-order chi connectivity index (χ0) is 17.8. The molecular weight excluding hydrogens is 338 g/mol. The third kappa shape index (κ3) is 3.97. The van der Waals surface area contributed by atoms with Crippen LogP contribution in [0.3, 0.4) is 0 Å². The van der Waals surface area contributed by atoms with Crippen LogP contribution in [0.2, 0.25) is 5.02 Å². The molecule has 0 fully saturated rings. The van der Waals surface area contributed by atoms with E-state index in [1.165, 1.54) is 0 Å². The number of carbonyl (C=O) groups is 1. The Morgan fingerprint density at radius 1 is 1.20 bits per heavy atom. The summed E-state index contributed by atoms with van der Waals surface area (Å²) in [5.41, 5.74) is 3.63. The highest BCUT2D eigenvalue weighted by molar-refractivity contribution is 6.30. The summed E-state index contributed by atoms with van der Waals surface area (Å²) in [5.74, 6) is 0.384. The number of nitrogens with zero attached hydrogens (tertiary/aromatic N) is 3. The fourth-order valence-electron chi connectivity index (χ4n) is 2.49. The van der Waals surface area contributed by atoms with Gasteiger partial charge in [0.25, 0.3) is 0 Å². The Kier molecular flexibility index (Phi) is 5.00. The number of aromatic amines is 1. The van der Waals surface area contributed by atoms with E-state index in [9.17, 15) is 4.79 Å². The van der Waals surface area contributed by atoms with Crippen molar-refractivity contribution in [3.63, 3.8) is 0 Å². The number of halogens is 1. The Morgan fingerprint density at radius 2 is 1.88 bits per heavy atom. The van der Waals surface area contributed by atoms with Crippen LogP contribution in [0.15, 0.2) is 48.8 Å². The predicted molar refractivity (Wildman–Crippen MR) is 99.9 cm³/mol. The molecule has 0 spiro atoms. The van der Waals surface area contributed by atoms with E-state index in [0.29, 0.717) is 10.8 Å². The lowest BCUT2D eigenvalue weighted by atomic mass is 10.1. The Morgan fingerprint density at radius 3 is 2.56 bits per heavy atom. The molecule has 0 aliphatic carbocycles. The monoisotopic (exact) mass is 355 g/mol. The van der Waals surface area contributed by atoms with Gasteiger partial charge in [-0.25, -0.2) is 0 Å². The van der Waals surface area contributed by atoms with E-state index in [4.69, 9.17) is 11.6 Å². The summed E-state index contributed by atoms with van der Waals surface area (Å²) < 4.78 is 0. The maximum Gasteiger partial charge on any atom is 0.245 e. The quantitative estimate of drug-likeness (QED) is 0.734. The van der Waals surface area contributed by atoms with Crippen LogP contribution >= 0.6 is 11.6 Å². The van der Waals surface area contributed by atoms with Gasteiger partial charge in [-0.3, -0.25) is 14.9 Å². The molecule has 2 aromatic heterocycles. The first-order valence-corrected chi connectivity index (χ1v) is 8.14. The van der Waals surface area contributed by atoms with Gasteiger partial charge in [-0.05, 0) is 43.3 Å². The molecular formula is C18H18ClN5O. The van der Waals surface area contributed by atoms with Gasteiger partial charge in [-0.2, -0.15) is 5.10 Å². The maximum atomic E-state index is 12.3. The van der Waals surface area contributed by atoms with Crippen LogP contribution in [-0.4, -0.2) is 34.7 Å². The number of hydrogen-bond acceptors (Lipinski definition) is 4. The first kappa shape index (κ1) is 17.0. The van der Waals surface area contributed by atoms with E-state index >= 15 is 0 Å². The summed E-state index contributed by atoms with van der Waals surface area (Å²) in [6.07, 6.45) is 3.43. The van der Waals surface area contributed by atoms with Crippen LogP contribution in [0.1, 0.15) is 5.56 Å². The minimum atomic E-state index is -0.145. The minimum Gasteiger partial charge on any atom is -0.365 e. The number of anilines is 2. The van der Waals surface area contributed by atoms with Gasteiger partial charge in [0.05, 0.1) is 12.2 Å². The zero-order valence-corrected chi connectivity index (χ0v) is 14.7. The largest absolute Gasteiger partial charge is 0.365 e. The molecule has 0 radical (unpaired) electrons. The molecule has 1 amide bonds. The fraction of sp³-hybridized carbons (Fsp3) is 0.167. The van der Waals surface area contributed by atoms with Gasteiger partial charge in [-0.15, -0.1) is 0 Å². The van der Waals surface area contributed by atoms with E-state index < -0.39 is 0 Å². The van der Waals surface area contributed by atoms with E-state index in [0.717, 1.165) is 22.5 Å². The number of likely N-dealkylation sites (N-methyl/N-ethyl adjacent to an activating group) is 1. The van der Waals surface area contributed by atoms with Crippen LogP contribution in [0.4, 0.5) is 11.5 Å². The van der Waals surface area contributed by atoms with Gasteiger partial charge < -0.3 is 10.2 Å². The fourth-order valence-corrected chi connectivity index (χ4v) is 2.62. The van der Waals surface area contributed by atoms with Crippen molar-refractivity contribution in [3.05, 3.63) is 59.4 Å². The second-order valence-electron chi connectivity index (χ2n) is 5.69. The molecule has 2 heterocycles. The lowest BCUT2D eigenvalue weighted by Crippen LogP contribution is -2.30. The summed E-state index contributed by atoms with van der Waals surface area (Å²) in [7, 11) is 1.85. The number of rotatable bonds is 5. The maximum absolute atomic E-state index is 12.3. The van der Waals surface area contributed by atoms with Crippen molar-refractivity contribution in [3.8, 4) is 11.3 Å². The van der Waals surface area contributed by atoms with E-state index in [2.05, 4.69) is 20.5 Å². The van der Waals surface area contributed by atoms with Crippen LogP contribution in [0.5, 0.6) is 0 Å². The minimum absolute atomic E-state index is 0.145. The molecule has 0 atom stereocenters. The van der Waals surface area contributed by atoms with Gasteiger partial charge in [0, 0.05) is 41.3 Å². The van der Waals surface area contributed by atoms with Crippen molar-refractivity contribution < 1.29 is 4.79 Å². The van der Waals surface area contributed by atoms with E-state index in [1.54, 1.807) is 24.5 Å². The topological polar surface area (TPSA) is 73.9 Å². The normalized spacial score (nSPS) is 10.5. The highest BCUT2D eigenvalue weighted by Gasteiger charge is 2.14. The Bertz CT molecular complexity index is 861. The smallest absolute Gasteiger partial charge is 0.245 e. The van der Waals surface area contributed by atoms with Crippen molar-refractivity contribution in [2.24, 2.45) is 0 Å². The van der Waals surface area contributed by atoms with Crippen LogP contribution in [-0.2, 0) is 4.79 Å². The molecule has 3 rings (SSSR count). The molecule has 1 aromatic carbocycles. The lowest BCUT2D eigenvalue weighted by molar-refractivity contribution is -0.114. The number of aromatic nitrogens is 3. The number of carbonyl (C=O) groups excluding carboxylic acids is 1. The van der Waals surface area contributed by atoms with Crippen molar-refractivity contribution in [1.82, 2.24) is 15.2 Å². The Labute approximate surface area is 150 Å². The van der Waals surface area contributed by atoms with Crippen LogP contribution < -0.4 is 10.2 Å². The number of pyridine rings is 1. The SMILES string of the molecule is Cc1c(NC(=O)CN(C)c2ccc(Cl)cc2)n[nH]c1-c1ccncc1. The molecule has 128 valence electrons. The Hall–Kier alpha value is -2.86. The summed E-state index contributed by atoms with van der Waals surface area (Å²) >= 11 is 5.89. The molecule has 0 saturated carbocycles. The van der Waals surface area contributed by atoms with Gasteiger partial charge >= 0.3 is 0 Å². The predicted octanol–water partition coefficient (Wildman–Crippen LogP) is 3.51. The average molecular weight is 356 g/mol. The summed E-state index contributed by atoms with van der Waals surface area (Å²) in [4.78, 5) is 18.2. The van der Waals surface area contributed by atoms with Crippen molar-refractivity contribution in [1.29, 1.82) is 0 Å². The standard InChI is InChI=1S/C18H18ClN5O/c1-12-17(13-7-9-20-10-8-13)22-23-18(12)21-16(25)11-24(2)15-5-3-14(19)4-6-15/h3-10H,11H2,1-2H3,(H2,21,22,23,25). The van der Waals surface area contributed by atoms with Gasteiger partial charge in [0.1, 0.15) is 0 Å². The van der Waals surface area contributed by atoms with Gasteiger partial charge in [0.2, 0.25) is 5.91 Å². The molecule has 0 aliphatic rings. The number of H-pyrrole nitrogens is 1. The average Bonchev–Trinajstić information content (AvgIpc) is 2.96. The molecule has 0 unspecified atom stereocenters. The third-order valence-electron chi connectivity index (χ3n) is 3.88. The number of amides is 1. The first-order chi connectivity index (χ1) is 12.0. The van der Waals surface area contributed by atoms with E-state index in [-0.39, 0.29) is 12.5 Å². The Balaban J connectivity index is 1.67. The molecule has 25 heavy (non-hydrogen) atoms. The number of benzene rings is 1. The molecule has 3 aromatic rings. The lowest BCUT2D eigenvalue weighted by Gasteiger charge is -2.18. The highest BCUT2D eigenvalue weighted by atomic mass is 35.5. The second-order valence-corrected chi connectivity index (χ2v) is 6.13. The van der Waals surface area contributed by atoms with Crippen molar-refractivity contribution in [2.45, 2.75) is 6.92 Å². The molecule has 0 aliphatic heterocycles. The first-order valence-electron chi connectivity index (χ1n) is 7.76. The third-order valence-corrected chi connectivity index (χ3v) is 4.14. The molecule has 2 N–H and O–H groups in total. The molecule has 6 nitrogen and oxygen atoms in total. The van der Waals surface area contributed by atoms with E-state index in [1.807, 2.05) is 43.1 Å². The summed E-state index contributed by atoms with van der Waals surface area (Å²) in [6, 6.07) is 11.1. The molecule has 7 heteroatoms.